The molecule has 2 atom stereocenters. The zero-order chi connectivity index (χ0) is 15.2. The van der Waals surface area contributed by atoms with Crippen molar-refractivity contribution in [1.82, 2.24) is 10.3 Å². The fourth-order valence-electron chi connectivity index (χ4n) is 2.86. The van der Waals surface area contributed by atoms with Crippen molar-refractivity contribution in [2.45, 2.75) is 58.9 Å². The minimum atomic E-state index is 0.0328. The molecule has 21 heavy (non-hydrogen) atoms. The molecule has 4 nitrogen and oxygen atoms in total. The molecule has 1 aromatic heterocycles. The average Bonchev–Trinajstić information content (AvgIpc) is 2.90. The molecule has 2 N–H and O–H groups in total. The van der Waals surface area contributed by atoms with Gasteiger partial charge in [0.25, 0.3) is 5.91 Å². The standard InChI is InChI=1S/C17H27N3O/c1-4-9-18-16-11-13(10-14(5-2)19-16)17(21)20-15-8-6-7-12(15)3/h10-12,15H,4-9H2,1-3H3,(H,18,19)(H,20,21). The van der Waals surface area contributed by atoms with Crippen LogP contribution in [0.5, 0.6) is 0 Å². The van der Waals surface area contributed by atoms with Gasteiger partial charge in [0.2, 0.25) is 0 Å². The van der Waals surface area contributed by atoms with Crippen molar-refractivity contribution < 1.29 is 4.79 Å². The van der Waals surface area contributed by atoms with Crippen molar-refractivity contribution in [3.63, 3.8) is 0 Å². The molecule has 0 aromatic carbocycles. The summed E-state index contributed by atoms with van der Waals surface area (Å²) < 4.78 is 0. The van der Waals surface area contributed by atoms with E-state index < -0.39 is 0 Å². The highest BCUT2D eigenvalue weighted by molar-refractivity contribution is 5.95. The summed E-state index contributed by atoms with van der Waals surface area (Å²) in [5, 5.41) is 6.46. The average molecular weight is 289 g/mol. The third-order valence-electron chi connectivity index (χ3n) is 4.24. The summed E-state index contributed by atoms with van der Waals surface area (Å²) in [6.07, 6.45) is 5.40. The second-order valence-electron chi connectivity index (χ2n) is 6.00. The van der Waals surface area contributed by atoms with E-state index in [-0.39, 0.29) is 5.91 Å². The lowest BCUT2D eigenvalue weighted by atomic mass is 10.1. The molecule has 0 aliphatic heterocycles. The lowest BCUT2D eigenvalue weighted by Gasteiger charge is -2.18. The van der Waals surface area contributed by atoms with E-state index in [1.807, 2.05) is 12.1 Å². The smallest absolute Gasteiger partial charge is 0.251 e. The van der Waals surface area contributed by atoms with Crippen molar-refractivity contribution in [2.75, 3.05) is 11.9 Å². The first kappa shape index (κ1) is 15.8. The molecule has 0 radical (unpaired) electrons. The Morgan fingerprint density at radius 2 is 2.14 bits per heavy atom. The van der Waals surface area contributed by atoms with Crippen LogP contribution in [0.2, 0.25) is 0 Å². The third kappa shape index (κ3) is 4.19. The number of carbonyl (C=O) groups excluding carboxylic acids is 1. The fraction of sp³-hybridized carbons (Fsp3) is 0.647. The minimum absolute atomic E-state index is 0.0328. The van der Waals surface area contributed by atoms with Gasteiger partial charge >= 0.3 is 0 Å². The first-order valence-electron chi connectivity index (χ1n) is 8.19. The molecule has 1 heterocycles. The van der Waals surface area contributed by atoms with Crippen LogP contribution in [0.1, 0.15) is 62.5 Å². The molecule has 1 fully saturated rings. The van der Waals surface area contributed by atoms with Crippen molar-refractivity contribution in [3.8, 4) is 0 Å². The zero-order valence-electron chi connectivity index (χ0n) is 13.4. The van der Waals surface area contributed by atoms with Crippen LogP contribution in [0.4, 0.5) is 5.82 Å². The summed E-state index contributed by atoms with van der Waals surface area (Å²) in [7, 11) is 0. The van der Waals surface area contributed by atoms with Crippen LogP contribution in [0.15, 0.2) is 12.1 Å². The monoisotopic (exact) mass is 289 g/mol. The number of amides is 1. The molecule has 2 unspecified atom stereocenters. The van der Waals surface area contributed by atoms with Gasteiger partial charge in [-0.3, -0.25) is 4.79 Å². The number of pyridine rings is 1. The summed E-state index contributed by atoms with van der Waals surface area (Å²) in [5.74, 6) is 1.42. The zero-order valence-corrected chi connectivity index (χ0v) is 13.4. The predicted molar refractivity (Wildman–Crippen MR) is 86.7 cm³/mol. The van der Waals surface area contributed by atoms with Gasteiger partial charge in [0.1, 0.15) is 5.82 Å². The Labute approximate surface area is 127 Å². The summed E-state index contributed by atoms with van der Waals surface area (Å²) in [6, 6.07) is 4.10. The summed E-state index contributed by atoms with van der Waals surface area (Å²) in [5.41, 5.74) is 1.68. The van der Waals surface area contributed by atoms with Crippen LogP contribution in [0.25, 0.3) is 0 Å². The Bertz CT molecular complexity index is 487. The number of anilines is 1. The van der Waals surface area contributed by atoms with Gasteiger partial charge in [-0.15, -0.1) is 0 Å². The van der Waals surface area contributed by atoms with Gasteiger partial charge in [0, 0.05) is 23.8 Å². The molecular weight excluding hydrogens is 262 g/mol. The molecular formula is C17H27N3O. The van der Waals surface area contributed by atoms with Crippen LogP contribution in [-0.2, 0) is 6.42 Å². The number of aryl methyl sites for hydroxylation is 1. The van der Waals surface area contributed by atoms with Crippen molar-refractivity contribution in [3.05, 3.63) is 23.4 Å². The lowest BCUT2D eigenvalue weighted by Crippen LogP contribution is -2.36. The van der Waals surface area contributed by atoms with Gasteiger partial charge in [-0.2, -0.15) is 0 Å². The summed E-state index contributed by atoms with van der Waals surface area (Å²) >= 11 is 0. The summed E-state index contributed by atoms with van der Waals surface area (Å²) in [6.45, 7) is 7.27. The first-order chi connectivity index (χ1) is 10.1. The molecule has 1 amide bonds. The molecule has 0 saturated heterocycles. The number of hydrogen-bond acceptors (Lipinski definition) is 3. The Morgan fingerprint density at radius 1 is 1.33 bits per heavy atom. The number of nitrogens with one attached hydrogen (secondary N) is 2. The van der Waals surface area contributed by atoms with Gasteiger partial charge < -0.3 is 10.6 Å². The van der Waals surface area contributed by atoms with E-state index >= 15 is 0 Å². The molecule has 1 aliphatic rings. The van der Waals surface area contributed by atoms with E-state index in [0.717, 1.165) is 42.9 Å². The van der Waals surface area contributed by atoms with Crippen LogP contribution in [-0.4, -0.2) is 23.5 Å². The van der Waals surface area contributed by atoms with Crippen LogP contribution >= 0.6 is 0 Å². The highest BCUT2D eigenvalue weighted by Gasteiger charge is 2.25. The van der Waals surface area contributed by atoms with Crippen molar-refractivity contribution in [1.29, 1.82) is 0 Å². The van der Waals surface area contributed by atoms with Crippen LogP contribution in [0, 0.1) is 5.92 Å². The van der Waals surface area contributed by atoms with Gasteiger partial charge in [-0.25, -0.2) is 4.98 Å². The van der Waals surface area contributed by atoms with Crippen molar-refractivity contribution >= 4 is 11.7 Å². The van der Waals surface area contributed by atoms with E-state index in [1.165, 1.54) is 12.8 Å². The molecule has 0 bridgehead atoms. The number of rotatable bonds is 6. The highest BCUT2D eigenvalue weighted by atomic mass is 16.1. The molecule has 4 heteroatoms. The normalized spacial score (nSPS) is 21.3. The van der Waals surface area contributed by atoms with Gasteiger partial charge in [0.15, 0.2) is 0 Å². The van der Waals surface area contributed by atoms with E-state index in [9.17, 15) is 4.79 Å². The van der Waals surface area contributed by atoms with Gasteiger partial charge in [0.05, 0.1) is 0 Å². The van der Waals surface area contributed by atoms with E-state index in [4.69, 9.17) is 0 Å². The molecule has 116 valence electrons. The predicted octanol–water partition coefficient (Wildman–Crippen LogP) is 3.38. The Morgan fingerprint density at radius 3 is 2.76 bits per heavy atom. The highest BCUT2D eigenvalue weighted by Crippen LogP contribution is 2.25. The number of carbonyl (C=O) groups is 1. The maximum absolute atomic E-state index is 12.5. The Kier molecular flexibility index (Phi) is 5.59. The quantitative estimate of drug-likeness (QED) is 0.844. The van der Waals surface area contributed by atoms with E-state index in [2.05, 4.69) is 36.4 Å². The first-order valence-corrected chi connectivity index (χ1v) is 8.19. The lowest BCUT2D eigenvalue weighted by molar-refractivity contribution is 0.0929. The second kappa shape index (κ2) is 7.43. The summed E-state index contributed by atoms with van der Waals surface area (Å²) in [4.78, 5) is 17.0. The number of nitrogens with zero attached hydrogens (tertiary/aromatic N) is 1. The number of hydrogen-bond donors (Lipinski definition) is 2. The maximum Gasteiger partial charge on any atom is 0.251 e. The Hall–Kier alpha value is -1.58. The molecule has 1 aliphatic carbocycles. The number of aromatic nitrogens is 1. The fourth-order valence-corrected chi connectivity index (χ4v) is 2.86. The minimum Gasteiger partial charge on any atom is -0.370 e. The molecule has 1 saturated carbocycles. The van der Waals surface area contributed by atoms with Crippen LogP contribution in [0.3, 0.4) is 0 Å². The van der Waals surface area contributed by atoms with Gasteiger partial charge in [-0.1, -0.05) is 27.2 Å². The van der Waals surface area contributed by atoms with E-state index in [0.29, 0.717) is 12.0 Å². The Balaban J connectivity index is 2.11. The SMILES string of the molecule is CCCNc1cc(C(=O)NC2CCCC2C)cc(CC)n1. The van der Waals surface area contributed by atoms with Crippen LogP contribution < -0.4 is 10.6 Å². The third-order valence-corrected chi connectivity index (χ3v) is 4.24. The molecule has 2 rings (SSSR count). The van der Waals surface area contributed by atoms with Gasteiger partial charge in [-0.05, 0) is 43.7 Å². The maximum atomic E-state index is 12.5. The van der Waals surface area contributed by atoms with Crippen molar-refractivity contribution in [2.24, 2.45) is 5.92 Å². The molecule has 1 aromatic rings. The largest absolute Gasteiger partial charge is 0.370 e. The molecule has 0 spiro atoms. The topological polar surface area (TPSA) is 54.0 Å². The second-order valence-corrected chi connectivity index (χ2v) is 6.00. The van der Waals surface area contributed by atoms with E-state index in [1.54, 1.807) is 0 Å².